The lowest BCUT2D eigenvalue weighted by atomic mass is 9.99. The van der Waals surface area contributed by atoms with E-state index in [0.717, 1.165) is 22.2 Å². The lowest BCUT2D eigenvalue weighted by Crippen LogP contribution is -2.20. The van der Waals surface area contributed by atoms with Gasteiger partial charge in [-0.2, -0.15) is 11.8 Å². The highest BCUT2D eigenvalue weighted by atomic mass is 79.9. The van der Waals surface area contributed by atoms with E-state index in [1.165, 1.54) is 5.56 Å². The third-order valence-electron chi connectivity index (χ3n) is 2.67. The molecule has 0 aromatic heterocycles. The summed E-state index contributed by atoms with van der Waals surface area (Å²) in [7, 11) is 0. The first kappa shape index (κ1) is 10.5. The zero-order valence-electron chi connectivity index (χ0n) is 8.03. The summed E-state index contributed by atoms with van der Waals surface area (Å²) in [6.07, 6.45) is 0.726. The first-order chi connectivity index (χ1) is 6.74. The fourth-order valence-electron chi connectivity index (χ4n) is 1.83. The van der Waals surface area contributed by atoms with Gasteiger partial charge in [0, 0.05) is 15.5 Å². The summed E-state index contributed by atoms with van der Waals surface area (Å²) in [5, 5.41) is 10.5. The van der Waals surface area contributed by atoms with Crippen LogP contribution in [0.15, 0.2) is 22.7 Å². The van der Waals surface area contributed by atoms with Gasteiger partial charge in [0.05, 0.1) is 6.10 Å². The van der Waals surface area contributed by atoms with E-state index in [1.807, 2.05) is 30.0 Å². The minimum Gasteiger partial charge on any atom is -0.387 e. The van der Waals surface area contributed by atoms with Crippen LogP contribution in [0, 0.1) is 0 Å². The van der Waals surface area contributed by atoms with Gasteiger partial charge in [-0.3, -0.25) is 0 Å². The molecule has 1 nitrogen and oxygen atoms in total. The first-order valence-electron chi connectivity index (χ1n) is 4.81. The average molecular weight is 273 g/mol. The van der Waals surface area contributed by atoms with E-state index in [2.05, 4.69) is 22.9 Å². The molecule has 0 saturated heterocycles. The van der Waals surface area contributed by atoms with E-state index >= 15 is 0 Å². The first-order valence-corrected chi connectivity index (χ1v) is 6.65. The Morgan fingerprint density at radius 2 is 2.36 bits per heavy atom. The van der Waals surface area contributed by atoms with Crippen LogP contribution < -0.4 is 0 Å². The second kappa shape index (κ2) is 4.25. The highest BCUT2D eigenvalue weighted by molar-refractivity contribution is 9.10. The normalized spacial score (nSPS) is 25.9. The number of benzene rings is 1. The smallest absolute Gasteiger partial charge is 0.0911 e. The summed E-state index contributed by atoms with van der Waals surface area (Å²) in [4.78, 5) is 0. The highest BCUT2D eigenvalue weighted by Gasteiger charge is 2.27. The lowest BCUT2D eigenvalue weighted by Gasteiger charge is -2.29. The lowest BCUT2D eigenvalue weighted by molar-refractivity contribution is 0.170. The van der Waals surface area contributed by atoms with Gasteiger partial charge >= 0.3 is 0 Å². The molecule has 2 unspecified atom stereocenters. The second-order valence-electron chi connectivity index (χ2n) is 3.51. The van der Waals surface area contributed by atoms with Crippen LogP contribution in [0.3, 0.4) is 0 Å². The van der Waals surface area contributed by atoms with E-state index in [-0.39, 0.29) is 6.10 Å². The molecular formula is C11H13BrOS. The molecule has 0 saturated carbocycles. The van der Waals surface area contributed by atoms with Crippen molar-refractivity contribution in [1.29, 1.82) is 0 Å². The summed E-state index contributed by atoms with van der Waals surface area (Å²) in [5.74, 6) is 1.01. The average Bonchev–Trinajstić information content (AvgIpc) is 2.20. The molecule has 0 aliphatic carbocycles. The van der Waals surface area contributed by atoms with Gasteiger partial charge in [-0.15, -0.1) is 0 Å². The minimum atomic E-state index is -0.300. The summed E-state index contributed by atoms with van der Waals surface area (Å²) in [5.41, 5.74) is 2.36. The van der Waals surface area contributed by atoms with Gasteiger partial charge in [0.2, 0.25) is 0 Å². The Bertz CT molecular complexity index is 340. The molecule has 1 aliphatic heterocycles. The predicted octanol–water partition coefficient (Wildman–Crippen LogP) is 3.51. The van der Waals surface area contributed by atoms with Crippen molar-refractivity contribution in [3.63, 3.8) is 0 Å². The standard InChI is InChI=1S/C11H13BrOS/c1-2-10-11(13)7-4-3-5-9(12)8(7)6-14-10/h3-5,10-11,13H,2,6H2,1H3. The fraction of sp³-hybridized carbons (Fsp3) is 0.455. The van der Waals surface area contributed by atoms with Crippen LogP contribution in [-0.2, 0) is 5.75 Å². The van der Waals surface area contributed by atoms with Gasteiger partial charge in [-0.25, -0.2) is 0 Å². The minimum absolute atomic E-state index is 0.300. The largest absolute Gasteiger partial charge is 0.387 e. The Labute approximate surface area is 97.0 Å². The Kier molecular flexibility index (Phi) is 3.20. The Balaban J connectivity index is 2.41. The predicted molar refractivity (Wildman–Crippen MR) is 64.5 cm³/mol. The number of halogens is 1. The van der Waals surface area contributed by atoms with E-state index in [9.17, 15) is 5.11 Å². The van der Waals surface area contributed by atoms with Crippen molar-refractivity contribution < 1.29 is 5.11 Å². The van der Waals surface area contributed by atoms with Gasteiger partial charge in [-0.05, 0) is 23.6 Å². The molecule has 0 spiro atoms. The maximum absolute atomic E-state index is 10.1. The molecule has 14 heavy (non-hydrogen) atoms. The van der Waals surface area contributed by atoms with Crippen LogP contribution in [-0.4, -0.2) is 10.4 Å². The van der Waals surface area contributed by atoms with Crippen molar-refractivity contribution >= 4 is 27.7 Å². The Morgan fingerprint density at radius 3 is 3.07 bits per heavy atom. The fourth-order valence-corrected chi connectivity index (χ4v) is 3.80. The number of thioether (sulfide) groups is 1. The molecule has 0 bridgehead atoms. The number of aliphatic hydroxyl groups excluding tert-OH is 1. The van der Waals surface area contributed by atoms with E-state index in [4.69, 9.17) is 0 Å². The molecule has 3 heteroatoms. The molecule has 2 rings (SSSR count). The van der Waals surface area contributed by atoms with Gasteiger partial charge in [-0.1, -0.05) is 35.0 Å². The topological polar surface area (TPSA) is 20.2 Å². The van der Waals surface area contributed by atoms with E-state index in [1.54, 1.807) is 0 Å². The van der Waals surface area contributed by atoms with Crippen LogP contribution in [0.1, 0.15) is 30.6 Å². The molecule has 1 N–H and O–H groups in total. The summed E-state index contributed by atoms with van der Waals surface area (Å²) in [6.45, 7) is 2.13. The SMILES string of the molecule is CCC1SCc2c(Br)cccc2C1O. The van der Waals surface area contributed by atoms with E-state index < -0.39 is 0 Å². The van der Waals surface area contributed by atoms with Gasteiger partial charge in [0.1, 0.15) is 0 Å². The highest BCUT2D eigenvalue weighted by Crippen LogP contribution is 2.41. The van der Waals surface area contributed by atoms with Gasteiger partial charge in [0.15, 0.2) is 0 Å². The molecule has 2 atom stereocenters. The molecule has 76 valence electrons. The monoisotopic (exact) mass is 272 g/mol. The van der Waals surface area contributed by atoms with Crippen molar-refractivity contribution in [2.45, 2.75) is 30.5 Å². The number of hydrogen-bond acceptors (Lipinski definition) is 2. The number of aliphatic hydroxyl groups is 1. The molecule has 1 heterocycles. The third-order valence-corrected chi connectivity index (χ3v) is 4.89. The number of fused-ring (bicyclic) bond motifs is 1. The van der Waals surface area contributed by atoms with Crippen molar-refractivity contribution in [3.8, 4) is 0 Å². The molecule has 0 amide bonds. The summed E-state index contributed by atoms with van der Waals surface area (Å²) in [6, 6.07) is 6.07. The summed E-state index contributed by atoms with van der Waals surface area (Å²) >= 11 is 5.38. The molecule has 1 aliphatic rings. The number of hydrogen-bond donors (Lipinski definition) is 1. The second-order valence-corrected chi connectivity index (χ2v) is 5.59. The number of rotatable bonds is 1. The Hall–Kier alpha value is 0.01000. The van der Waals surface area contributed by atoms with Gasteiger partial charge in [0.25, 0.3) is 0 Å². The summed E-state index contributed by atoms with van der Waals surface area (Å²) < 4.78 is 1.12. The van der Waals surface area contributed by atoms with Crippen LogP contribution >= 0.6 is 27.7 Å². The molecular weight excluding hydrogens is 260 g/mol. The van der Waals surface area contributed by atoms with Crippen molar-refractivity contribution in [3.05, 3.63) is 33.8 Å². The van der Waals surface area contributed by atoms with Crippen LogP contribution in [0.25, 0.3) is 0 Å². The zero-order valence-corrected chi connectivity index (χ0v) is 10.4. The van der Waals surface area contributed by atoms with Crippen LogP contribution in [0.5, 0.6) is 0 Å². The third kappa shape index (κ3) is 1.73. The van der Waals surface area contributed by atoms with Crippen LogP contribution in [0.4, 0.5) is 0 Å². The quantitative estimate of drug-likeness (QED) is 0.845. The van der Waals surface area contributed by atoms with Crippen molar-refractivity contribution in [1.82, 2.24) is 0 Å². The van der Waals surface area contributed by atoms with Crippen molar-refractivity contribution in [2.24, 2.45) is 0 Å². The molecule has 0 fully saturated rings. The molecule has 0 radical (unpaired) electrons. The van der Waals surface area contributed by atoms with Gasteiger partial charge < -0.3 is 5.11 Å². The Morgan fingerprint density at radius 1 is 1.57 bits per heavy atom. The van der Waals surface area contributed by atoms with Crippen LogP contribution in [0.2, 0.25) is 0 Å². The molecule has 1 aromatic carbocycles. The van der Waals surface area contributed by atoms with E-state index in [0.29, 0.717) is 5.25 Å². The molecule has 1 aromatic rings. The van der Waals surface area contributed by atoms with Crippen molar-refractivity contribution in [2.75, 3.05) is 0 Å². The zero-order chi connectivity index (χ0) is 10.1. The maximum Gasteiger partial charge on any atom is 0.0911 e. The maximum atomic E-state index is 10.1.